The molecule has 0 saturated heterocycles. The van der Waals surface area contributed by atoms with Gasteiger partial charge in [0.05, 0.1) is 17.7 Å². The lowest BCUT2D eigenvalue weighted by Crippen LogP contribution is -2.24. The number of H-pyrrole nitrogens is 1. The average molecular weight is 559 g/mol. The van der Waals surface area contributed by atoms with Crippen LogP contribution in [-0.2, 0) is 13.6 Å². The number of nitrogens with one attached hydrogen (secondary N) is 2. The second-order valence-corrected chi connectivity index (χ2v) is 8.73. The zero-order valence-corrected chi connectivity index (χ0v) is 20.7. The third-order valence-corrected chi connectivity index (χ3v) is 5.85. The van der Waals surface area contributed by atoms with Gasteiger partial charge in [-0.3, -0.25) is 10.1 Å². The van der Waals surface area contributed by atoms with Crippen molar-refractivity contribution in [2.24, 2.45) is 12.0 Å². The number of carbonyl (C=O) groups is 1. The molecule has 0 fully saturated rings. The first kappa shape index (κ1) is 25.8. The molecule has 11 nitrogen and oxygen atoms in total. The van der Waals surface area contributed by atoms with Crippen LogP contribution in [0.3, 0.4) is 0 Å². The number of aromatic hydroxyl groups is 1. The summed E-state index contributed by atoms with van der Waals surface area (Å²) in [4.78, 5) is 17.0. The number of anilines is 1. The van der Waals surface area contributed by atoms with Crippen LogP contribution in [0, 0.1) is 0 Å². The van der Waals surface area contributed by atoms with Gasteiger partial charge < -0.3 is 19.0 Å². The highest BCUT2D eigenvalue weighted by Crippen LogP contribution is 2.29. The van der Waals surface area contributed by atoms with Crippen LogP contribution in [0.1, 0.15) is 15.9 Å². The molecular formula is C24H18ClF3N8O3. The molecule has 5 rings (SSSR count). The minimum atomic E-state index is -4.81. The van der Waals surface area contributed by atoms with E-state index in [0.29, 0.717) is 32.9 Å². The van der Waals surface area contributed by atoms with Crippen molar-refractivity contribution in [2.75, 3.05) is 5.32 Å². The summed E-state index contributed by atoms with van der Waals surface area (Å²) >= 11 is 6.22. The molecule has 0 spiro atoms. The van der Waals surface area contributed by atoms with Crippen molar-refractivity contribution in [1.29, 1.82) is 0 Å². The highest BCUT2D eigenvalue weighted by atomic mass is 35.5. The van der Waals surface area contributed by atoms with Crippen molar-refractivity contribution < 1.29 is 27.8 Å². The SMILES string of the molecule is Cn1c(=Nc2ccc(OC(F)(F)F)cc2)n(Cc2ccc(C(=O)Nc3nnn[nH]3)cc2)c2cc(Cl)cc(O)c21. The number of phenols is 1. The van der Waals surface area contributed by atoms with E-state index in [1.807, 2.05) is 0 Å². The number of imidazole rings is 1. The summed E-state index contributed by atoms with van der Waals surface area (Å²) in [5.74, 6) is -0.753. The lowest BCUT2D eigenvalue weighted by molar-refractivity contribution is -0.274. The Morgan fingerprint density at radius 3 is 2.51 bits per heavy atom. The molecule has 0 unspecified atom stereocenters. The molecule has 2 aromatic heterocycles. The van der Waals surface area contributed by atoms with Gasteiger partial charge in [0, 0.05) is 23.7 Å². The molecule has 0 aliphatic heterocycles. The van der Waals surface area contributed by atoms with Gasteiger partial charge in [-0.05, 0) is 58.5 Å². The molecule has 0 aliphatic carbocycles. The number of carbonyl (C=O) groups excluding carboxylic acids is 1. The summed E-state index contributed by atoms with van der Waals surface area (Å²) in [6.45, 7) is 0.263. The maximum Gasteiger partial charge on any atom is 0.573 e. The van der Waals surface area contributed by atoms with Crippen molar-refractivity contribution in [2.45, 2.75) is 12.9 Å². The Kier molecular flexibility index (Phi) is 6.70. The number of phenolic OH excluding ortho intramolecular Hbond substituents is 1. The van der Waals surface area contributed by atoms with Crippen molar-refractivity contribution in [3.05, 3.63) is 82.4 Å². The van der Waals surface area contributed by atoms with E-state index in [4.69, 9.17) is 11.6 Å². The fraction of sp³-hybridized carbons (Fsp3) is 0.125. The maximum atomic E-state index is 12.5. The molecule has 3 aromatic carbocycles. The molecule has 0 bridgehead atoms. The van der Waals surface area contributed by atoms with E-state index in [9.17, 15) is 23.1 Å². The topological polar surface area (TPSA) is 135 Å². The standard InChI is InChI=1S/C24H18ClF3N8O3/c1-35-20-18(10-15(25)11-19(20)37)36(23(35)29-16-6-8-17(9-7-16)39-24(26,27)28)12-13-2-4-14(5-3-13)21(38)30-22-31-33-34-32-22/h2-11,37H,12H2,1H3,(H2,30,31,32,33,34,38). The Labute approximate surface area is 222 Å². The van der Waals surface area contributed by atoms with Gasteiger partial charge in [0.15, 0.2) is 0 Å². The summed E-state index contributed by atoms with van der Waals surface area (Å²) in [5.41, 5.74) is 2.90. The molecule has 0 radical (unpaired) electrons. The molecule has 0 atom stereocenters. The molecule has 15 heteroatoms. The first-order chi connectivity index (χ1) is 18.6. The number of aromatic nitrogens is 6. The number of rotatable bonds is 6. The number of benzene rings is 3. The molecular weight excluding hydrogens is 541 g/mol. The Bertz CT molecular complexity index is 1710. The highest BCUT2D eigenvalue weighted by Gasteiger charge is 2.31. The number of hydrogen-bond acceptors (Lipinski definition) is 7. The summed E-state index contributed by atoms with van der Waals surface area (Å²) in [7, 11) is 1.69. The van der Waals surface area contributed by atoms with Crippen LogP contribution < -0.4 is 15.7 Å². The Balaban J connectivity index is 1.52. The number of nitrogens with zero attached hydrogens (tertiary/aromatic N) is 6. The van der Waals surface area contributed by atoms with E-state index in [1.54, 1.807) is 46.5 Å². The third-order valence-electron chi connectivity index (χ3n) is 5.64. The van der Waals surface area contributed by atoms with Gasteiger partial charge in [-0.25, -0.2) is 10.1 Å². The van der Waals surface area contributed by atoms with Gasteiger partial charge in [-0.2, -0.15) is 0 Å². The number of fused-ring (bicyclic) bond motifs is 1. The zero-order chi connectivity index (χ0) is 27.7. The molecule has 0 aliphatic rings. The number of amides is 1. The van der Waals surface area contributed by atoms with Crippen molar-refractivity contribution in [3.8, 4) is 11.5 Å². The highest BCUT2D eigenvalue weighted by molar-refractivity contribution is 6.31. The van der Waals surface area contributed by atoms with Gasteiger partial charge in [0.25, 0.3) is 5.91 Å². The maximum absolute atomic E-state index is 12.5. The molecule has 200 valence electrons. The largest absolute Gasteiger partial charge is 0.573 e. The fourth-order valence-electron chi connectivity index (χ4n) is 3.97. The number of halogens is 4. The van der Waals surface area contributed by atoms with Gasteiger partial charge >= 0.3 is 6.36 Å². The first-order valence-corrected chi connectivity index (χ1v) is 11.6. The van der Waals surface area contributed by atoms with Crippen LogP contribution in [-0.4, -0.2) is 47.1 Å². The van der Waals surface area contributed by atoms with Crippen LogP contribution in [0.2, 0.25) is 5.02 Å². The van der Waals surface area contributed by atoms with Crippen molar-refractivity contribution >= 4 is 40.2 Å². The van der Waals surface area contributed by atoms with Crippen LogP contribution in [0.4, 0.5) is 24.8 Å². The lowest BCUT2D eigenvalue weighted by Gasteiger charge is -2.09. The zero-order valence-electron chi connectivity index (χ0n) is 19.9. The summed E-state index contributed by atoms with van der Waals surface area (Å²) in [6, 6.07) is 14.9. The van der Waals surface area contributed by atoms with Gasteiger partial charge in [0.2, 0.25) is 11.6 Å². The predicted molar refractivity (Wildman–Crippen MR) is 134 cm³/mol. The second kappa shape index (κ2) is 10.1. The smallest absolute Gasteiger partial charge is 0.506 e. The Morgan fingerprint density at radius 1 is 1.15 bits per heavy atom. The summed E-state index contributed by atoms with van der Waals surface area (Å²) in [6.07, 6.45) is -4.81. The van der Waals surface area contributed by atoms with Crippen molar-refractivity contribution in [3.63, 3.8) is 0 Å². The Hall–Kier alpha value is -4.85. The van der Waals surface area contributed by atoms with Gasteiger partial charge in [-0.1, -0.05) is 28.8 Å². The van der Waals surface area contributed by atoms with Gasteiger partial charge in [0.1, 0.15) is 17.0 Å². The molecule has 0 saturated carbocycles. The number of hydrogen-bond donors (Lipinski definition) is 3. The monoisotopic (exact) mass is 558 g/mol. The molecule has 2 heterocycles. The van der Waals surface area contributed by atoms with Crippen molar-refractivity contribution in [1.82, 2.24) is 29.8 Å². The number of ether oxygens (including phenoxy) is 1. The van der Waals surface area contributed by atoms with E-state index in [1.165, 1.54) is 18.2 Å². The lowest BCUT2D eigenvalue weighted by atomic mass is 10.1. The van der Waals surface area contributed by atoms with Crippen LogP contribution >= 0.6 is 11.6 Å². The second-order valence-electron chi connectivity index (χ2n) is 8.29. The van der Waals surface area contributed by atoms with E-state index in [2.05, 4.69) is 35.7 Å². The van der Waals surface area contributed by atoms with Crippen LogP contribution in [0.25, 0.3) is 11.0 Å². The van der Waals surface area contributed by atoms with E-state index >= 15 is 0 Å². The number of aromatic amines is 1. The predicted octanol–water partition coefficient (Wildman–Crippen LogP) is 4.28. The molecule has 1 amide bonds. The Morgan fingerprint density at radius 2 is 1.87 bits per heavy atom. The minimum absolute atomic E-state index is 0.0713. The number of aryl methyl sites for hydroxylation is 1. The third kappa shape index (κ3) is 5.70. The molecule has 39 heavy (non-hydrogen) atoms. The van der Waals surface area contributed by atoms with Gasteiger partial charge in [-0.15, -0.1) is 13.2 Å². The molecule has 5 aromatic rings. The number of alkyl halides is 3. The minimum Gasteiger partial charge on any atom is -0.506 e. The van der Waals surface area contributed by atoms with Crippen LogP contribution in [0.15, 0.2) is 65.7 Å². The number of tetrazole rings is 1. The normalized spacial score (nSPS) is 12.2. The van der Waals surface area contributed by atoms with E-state index in [-0.39, 0.29) is 24.0 Å². The van der Waals surface area contributed by atoms with E-state index in [0.717, 1.165) is 17.7 Å². The summed E-state index contributed by atoms with van der Waals surface area (Å²) < 4.78 is 44.9. The summed E-state index contributed by atoms with van der Waals surface area (Å²) in [5, 5.41) is 26.3. The molecule has 3 N–H and O–H groups in total. The first-order valence-electron chi connectivity index (χ1n) is 11.2. The fourth-order valence-corrected chi connectivity index (χ4v) is 4.18. The average Bonchev–Trinajstić information content (AvgIpc) is 3.47. The van der Waals surface area contributed by atoms with E-state index < -0.39 is 12.3 Å². The quantitative estimate of drug-likeness (QED) is 0.285. The van der Waals surface area contributed by atoms with Crippen LogP contribution in [0.5, 0.6) is 11.5 Å².